The van der Waals surface area contributed by atoms with Crippen molar-refractivity contribution >= 4 is 10.0 Å². The number of furan rings is 1. The fraction of sp³-hybridized carbons (Fsp3) is 0.158. The molecule has 25 heavy (non-hydrogen) atoms. The number of hydrogen-bond donors (Lipinski definition) is 0. The van der Waals surface area contributed by atoms with Crippen molar-refractivity contribution in [3.63, 3.8) is 0 Å². The lowest BCUT2D eigenvalue weighted by molar-refractivity contribution is 0.357. The first kappa shape index (κ1) is 17.3. The summed E-state index contributed by atoms with van der Waals surface area (Å²) in [6.07, 6.45) is 1.54. The minimum atomic E-state index is -3.66. The Bertz CT molecular complexity index is 906. The van der Waals surface area contributed by atoms with Crippen LogP contribution >= 0.6 is 0 Å². The van der Waals surface area contributed by atoms with Crippen LogP contribution in [-0.2, 0) is 23.1 Å². The number of sulfonamides is 1. The van der Waals surface area contributed by atoms with E-state index in [-0.39, 0.29) is 18.0 Å². The van der Waals surface area contributed by atoms with Gasteiger partial charge in [-0.1, -0.05) is 30.3 Å². The van der Waals surface area contributed by atoms with E-state index in [9.17, 15) is 8.42 Å². The zero-order chi connectivity index (χ0) is 17.7. The number of hydrogen-bond acceptors (Lipinski definition) is 4. The van der Waals surface area contributed by atoms with Gasteiger partial charge in [-0.05, 0) is 42.0 Å². The van der Waals surface area contributed by atoms with E-state index in [1.165, 1.54) is 10.6 Å². The summed E-state index contributed by atoms with van der Waals surface area (Å²) in [7, 11) is -2.08. The highest BCUT2D eigenvalue weighted by Gasteiger charge is 2.25. The van der Waals surface area contributed by atoms with Crippen LogP contribution in [0.3, 0.4) is 0 Å². The van der Waals surface area contributed by atoms with Crippen molar-refractivity contribution in [2.24, 2.45) is 0 Å². The summed E-state index contributed by atoms with van der Waals surface area (Å²) >= 11 is 0. The van der Waals surface area contributed by atoms with Crippen LogP contribution in [0.15, 0.2) is 82.3 Å². The summed E-state index contributed by atoms with van der Waals surface area (Å²) in [5.41, 5.74) is 0.838. The molecule has 3 aromatic rings. The topological polar surface area (TPSA) is 59.8 Å². The van der Waals surface area contributed by atoms with E-state index in [1.54, 1.807) is 49.6 Å². The predicted molar refractivity (Wildman–Crippen MR) is 94.6 cm³/mol. The van der Waals surface area contributed by atoms with Gasteiger partial charge in [-0.15, -0.1) is 0 Å². The molecule has 0 saturated carbocycles. The summed E-state index contributed by atoms with van der Waals surface area (Å²) in [4.78, 5) is 0.254. The van der Waals surface area contributed by atoms with Gasteiger partial charge in [-0.25, -0.2) is 8.42 Å². The van der Waals surface area contributed by atoms with Crippen molar-refractivity contribution in [3.05, 3.63) is 84.3 Å². The molecule has 0 N–H and O–H groups in total. The van der Waals surface area contributed by atoms with E-state index in [0.29, 0.717) is 11.5 Å². The maximum absolute atomic E-state index is 13.1. The van der Waals surface area contributed by atoms with Crippen LogP contribution in [0.5, 0.6) is 5.75 Å². The molecule has 0 amide bonds. The van der Waals surface area contributed by atoms with Crippen LogP contribution in [0, 0.1) is 0 Å². The molecule has 2 aromatic carbocycles. The fourth-order valence-electron chi connectivity index (χ4n) is 2.52. The third-order valence-corrected chi connectivity index (χ3v) is 5.59. The zero-order valence-electron chi connectivity index (χ0n) is 13.8. The van der Waals surface area contributed by atoms with Crippen LogP contribution in [-0.4, -0.2) is 19.8 Å². The van der Waals surface area contributed by atoms with Gasteiger partial charge in [0.1, 0.15) is 11.5 Å². The average Bonchev–Trinajstić information content (AvgIpc) is 3.15. The molecule has 0 bridgehead atoms. The van der Waals surface area contributed by atoms with E-state index in [4.69, 9.17) is 9.15 Å². The molecule has 0 atom stereocenters. The van der Waals surface area contributed by atoms with Gasteiger partial charge in [0.2, 0.25) is 10.0 Å². The molecule has 130 valence electrons. The highest BCUT2D eigenvalue weighted by molar-refractivity contribution is 7.89. The molecule has 0 radical (unpaired) electrons. The number of ether oxygens (including phenoxy) is 1. The molecule has 0 fully saturated rings. The van der Waals surface area contributed by atoms with Crippen molar-refractivity contribution < 1.29 is 17.6 Å². The Morgan fingerprint density at radius 2 is 1.76 bits per heavy atom. The van der Waals surface area contributed by atoms with Gasteiger partial charge in [-0.3, -0.25) is 0 Å². The van der Waals surface area contributed by atoms with Gasteiger partial charge >= 0.3 is 0 Å². The van der Waals surface area contributed by atoms with Gasteiger partial charge in [0.15, 0.2) is 0 Å². The Balaban J connectivity index is 1.94. The predicted octanol–water partition coefficient (Wildman–Crippen LogP) is 3.68. The summed E-state index contributed by atoms with van der Waals surface area (Å²) in [5.74, 6) is 1.27. The Kier molecular flexibility index (Phi) is 5.21. The Hall–Kier alpha value is -2.57. The third-order valence-electron chi connectivity index (χ3n) is 3.79. The maximum atomic E-state index is 13.1. The monoisotopic (exact) mass is 357 g/mol. The summed E-state index contributed by atoms with van der Waals surface area (Å²) in [5, 5.41) is 0. The SMILES string of the molecule is COc1cccc(CN(Cc2ccco2)S(=O)(=O)c2ccccc2)c1. The van der Waals surface area contributed by atoms with Crippen molar-refractivity contribution in [3.8, 4) is 5.75 Å². The van der Waals surface area contributed by atoms with Crippen LogP contribution in [0.2, 0.25) is 0 Å². The number of methoxy groups -OCH3 is 1. The van der Waals surface area contributed by atoms with Crippen molar-refractivity contribution in [1.82, 2.24) is 4.31 Å². The summed E-state index contributed by atoms with van der Waals surface area (Å²) < 4.78 is 38.1. The number of nitrogens with zero attached hydrogens (tertiary/aromatic N) is 1. The molecule has 6 heteroatoms. The molecular formula is C19H19NO4S. The number of benzene rings is 2. The molecule has 0 unspecified atom stereocenters. The second kappa shape index (κ2) is 7.55. The lowest BCUT2D eigenvalue weighted by atomic mass is 10.2. The Labute approximate surface area is 147 Å². The molecule has 0 aliphatic rings. The molecule has 0 saturated heterocycles. The van der Waals surface area contributed by atoms with E-state index in [1.807, 2.05) is 24.3 Å². The standard InChI is InChI=1S/C19H19NO4S/c1-23-17-8-5-7-16(13-17)14-20(15-18-9-6-12-24-18)25(21,22)19-10-3-2-4-11-19/h2-13H,14-15H2,1H3. The maximum Gasteiger partial charge on any atom is 0.243 e. The zero-order valence-corrected chi connectivity index (χ0v) is 14.6. The molecule has 5 nitrogen and oxygen atoms in total. The van der Waals surface area contributed by atoms with Crippen molar-refractivity contribution in [1.29, 1.82) is 0 Å². The van der Waals surface area contributed by atoms with Gasteiger partial charge in [0.05, 0.1) is 24.8 Å². The first-order valence-electron chi connectivity index (χ1n) is 7.80. The molecule has 0 aliphatic heterocycles. The summed E-state index contributed by atoms with van der Waals surface area (Å²) in [6.45, 7) is 0.372. The Morgan fingerprint density at radius 3 is 2.44 bits per heavy atom. The minimum Gasteiger partial charge on any atom is -0.497 e. The Morgan fingerprint density at radius 1 is 0.960 bits per heavy atom. The average molecular weight is 357 g/mol. The van der Waals surface area contributed by atoms with Crippen LogP contribution in [0.1, 0.15) is 11.3 Å². The smallest absolute Gasteiger partial charge is 0.243 e. The van der Waals surface area contributed by atoms with Gasteiger partial charge in [0.25, 0.3) is 0 Å². The molecule has 1 aromatic heterocycles. The molecule has 3 rings (SSSR count). The quantitative estimate of drug-likeness (QED) is 0.647. The van der Waals surface area contributed by atoms with Crippen LogP contribution in [0.25, 0.3) is 0 Å². The van der Waals surface area contributed by atoms with E-state index in [2.05, 4.69) is 0 Å². The van der Waals surface area contributed by atoms with E-state index in [0.717, 1.165) is 5.56 Å². The first-order valence-corrected chi connectivity index (χ1v) is 9.24. The largest absolute Gasteiger partial charge is 0.497 e. The lowest BCUT2D eigenvalue weighted by Gasteiger charge is -2.21. The van der Waals surface area contributed by atoms with Crippen LogP contribution < -0.4 is 4.74 Å². The molecular weight excluding hydrogens is 338 g/mol. The second-order valence-corrected chi connectivity index (χ2v) is 7.45. The van der Waals surface area contributed by atoms with Gasteiger partial charge < -0.3 is 9.15 Å². The lowest BCUT2D eigenvalue weighted by Crippen LogP contribution is -2.30. The van der Waals surface area contributed by atoms with Crippen LogP contribution in [0.4, 0.5) is 0 Å². The molecule has 1 heterocycles. The second-order valence-electron chi connectivity index (χ2n) is 5.52. The third kappa shape index (κ3) is 4.10. The minimum absolute atomic E-state index is 0.154. The highest BCUT2D eigenvalue weighted by atomic mass is 32.2. The number of rotatable bonds is 7. The molecule has 0 aliphatic carbocycles. The fourth-order valence-corrected chi connectivity index (χ4v) is 3.93. The summed E-state index contributed by atoms with van der Waals surface area (Å²) in [6, 6.07) is 19.3. The van der Waals surface area contributed by atoms with Gasteiger partial charge in [0, 0.05) is 6.54 Å². The van der Waals surface area contributed by atoms with E-state index >= 15 is 0 Å². The van der Waals surface area contributed by atoms with Crippen molar-refractivity contribution in [2.45, 2.75) is 18.0 Å². The molecule has 0 spiro atoms. The van der Waals surface area contributed by atoms with Gasteiger partial charge in [-0.2, -0.15) is 4.31 Å². The normalized spacial score (nSPS) is 11.6. The highest BCUT2D eigenvalue weighted by Crippen LogP contribution is 2.22. The van der Waals surface area contributed by atoms with Crippen molar-refractivity contribution in [2.75, 3.05) is 7.11 Å². The first-order chi connectivity index (χ1) is 12.1. The van der Waals surface area contributed by atoms with E-state index < -0.39 is 10.0 Å².